The monoisotopic (exact) mass is 421 g/mol. The molecule has 0 spiro atoms. The zero-order valence-corrected chi connectivity index (χ0v) is 17.4. The lowest BCUT2D eigenvalue weighted by atomic mass is 9.86. The summed E-state index contributed by atoms with van der Waals surface area (Å²) in [5.41, 5.74) is 8.07. The first kappa shape index (κ1) is 18.1. The molecule has 0 atom stereocenters. The third-order valence-electron chi connectivity index (χ3n) is 5.18. The minimum Gasteiger partial charge on any atom is -0.488 e. The summed E-state index contributed by atoms with van der Waals surface area (Å²) < 4.78 is 7.09. The fourth-order valence-corrected chi connectivity index (χ4v) is 4.07. The fraction of sp³-hybridized carbons (Fsp3) is 0.250. The van der Waals surface area contributed by atoms with Crippen LogP contribution in [0.15, 0.2) is 65.1 Å². The standard InChI is InChI=1S/C24H24BrNO/c1-26(2)23-15-24(27-16-17-6-4-3-5-7-17)22(25)14-21(23)13-18-8-9-19-10-11-20(19)12-18/h3-9,12,14-15H,10-11,13,16H2,1-2H3. The first-order valence-electron chi connectivity index (χ1n) is 9.37. The molecule has 3 aromatic rings. The molecule has 4 rings (SSSR count). The molecule has 0 radical (unpaired) electrons. The number of fused-ring (bicyclic) bond motifs is 1. The van der Waals surface area contributed by atoms with E-state index in [1.54, 1.807) is 0 Å². The summed E-state index contributed by atoms with van der Waals surface area (Å²) >= 11 is 3.71. The van der Waals surface area contributed by atoms with E-state index in [-0.39, 0.29) is 0 Å². The SMILES string of the molecule is CN(C)c1cc(OCc2ccccc2)c(Br)cc1Cc1ccc2c(c1)CC2. The van der Waals surface area contributed by atoms with E-state index in [0.717, 1.165) is 16.6 Å². The molecular weight excluding hydrogens is 398 g/mol. The number of ether oxygens (including phenoxy) is 1. The molecule has 2 nitrogen and oxygen atoms in total. The van der Waals surface area contributed by atoms with Crippen molar-refractivity contribution in [3.05, 3.63) is 93.0 Å². The number of halogens is 1. The maximum absolute atomic E-state index is 6.09. The highest BCUT2D eigenvalue weighted by molar-refractivity contribution is 9.10. The van der Waals surface area contributed by atoms with Crippen LogP contribution in [-0.4, -0.2) is 14.1 Å². The predicted molar refractivity (Wildman–Crippen MR) is 116 cm³/mol. The van der Waals surface area contributed by atoms with E-state index in [9.17, 15) is 0 Å². The van der Waals surface area contributed by atoms with E-state index in [2.05, 4.69) is 77.4 Å². The van der Waals surface area contributed by atoms with Gasteiger partial charge in [-0.25, -0.2) is 0 Å². The topological polar surface area (TPSA) is 12.5 Å². The zero-order valence-electron chi connectivity index (χ0n) is 15.8. The highest BCUT2D eigenvalue weighted by Crippen LogP contribution is 2.35. The average Bonchev–Trinajstić information content (AvgIpc) is 2.64. The van der Waals surface area contributed by atoms with Crippen LogP contribution in [0.4, 0.5) is 5.69 Å². The highest BCUT2D eigenvalue weighted by Gasteiger charge is 2.15. The predicted octanol–water partition coefficient (Wildman–Crippen LogP) is 5.78. The zero-order chi connectivity index (χ0) is 18.8. The number of rotatable bonds is 6. The first-order valence-corrected chi connectivity index (χ1v) is 10.2. The summed E-state index contributed by atoms with van der Waals surface area (Å²) in [7, 11) is 4.18. The van der Waals surface area contributed by atoms with Gasteiger partial charge in [-0.1, -0.05) is 48.5 Å². The average molecular weight is 422 g/mol. The number of aryl methyl sites for hydroxylation is 2. The summed E-state index contributed by atoms with van der Waals surface area (Å²) in [6.07, 6.45) is 3.38. The second-order valence-corrected chi connectivity index (χ2v) is 8.21. The van der Waals surface area contributed by atoms with Crippen LogP contribution in [0.1, 0.15) is 27.8 Å². The number of nitrogens with zero attached hydrogens (tertiary/aromatic N) is 1. The quantitative estimate of drug-likeness (QED) is 0.499. The lowest BCUT2D eigenvalue weighted by Gasteiger charge is -2.22. The summed E-state index contributed by atoms with van der Waals surface area (Å²) in [6, 6.07) is 21.5. The van der Waals surface area contributed by atoms with Crippen molar-refractivity contribution in [2.45, 2.75) is 25.9 Å². The van der Waals surface area contributed by atoms with Gasteiger partial charge in [0.15, 0.2) is 0 Å². The molecule has 3 aromatic carbocycles. The molecule has 0 aliphatic heterocycles. The van der Waals surface area contributed by atoms with Gasteiger partial charge >= 0.3 is 0 Å². The van der Waals surface area contributed by atoms with Crippen molar-refractivity contribution in [2.24, 2.45) is 0 Å². The van der Waals surface area contributed by atoms with Crippen molar-refractivity contribution in [2.75, 3.05) is 19.0 Å². The maximum Gasteiger partial charge on any atom is 0.136 e. The Hall–Kier alpha value is -2.26. The molecule has 1 aliphatic carbocycles. The number of hydrogen-bond donors (Lipinski definition) is 0. The third kappa shape index (κ3) is 4.03. The fourth-order valence-electron chi connectivity index (χ4n) is 3.57. The molecule has 0 heterocycles. The van der Waals surface area contributed by atoms with Gasteiger partial charge in [-0.3, -0.25) is 0 Å². The molecule has 0 N–H and O–H groups in total. The summed E-state index contributed by atoms with van der Waals surface area (Å²) in [6.45, 7) is 0.566. The summed E-state index contributed by atoms with van der Waals surface area (Å²) in [5, 5.41) is 0. The van der Waals surface area contributed by atoms with Gasteiger partial charge in [-0.2, -0.15) is 0 Å². The second-order valence-electron chi connectivity index (χ2n) is 7.36. The lowest BCUT2D eigenvalue weighted by molar-refractivity contribution is 0.304. The molecule has 0 aromatic heterocycles. The molecule has 0 saturated carbocycles. The van der Waals surface area contributed by atoms with Crippen molar-refractivity contribution in [1.29, 1.82) is 0 Å². The Morgan fingerprint density at radius 2 is 1.67 bits per heavy atom. The van der Waals surface area contributed by atoms with Gasteiger partial charge in [-0.05, 0) is 69.1 Å². The summed E-state index contributed by atoms with van der Waals surface area (Å²) in [5.74, 6) is 0.878. The van der Waals surface area contributed by atoms with Crippen molar-refractivity contribution < 1.29 is 4.74 Å². The molecule has 1 aliphatic rings. The molecular formula is C24H24BrNO. The highest BCUT2D eigenvalue weighted by atomic mass is 79.9. The van der Waals surface area contributed by atoms with Gasteiger partial charge in [0.25, 0.3) is 0 Å². The molecule has 3 heteroatoms. The van der Waals surface area contributed by atoms with Gasteiger partial charge in [0, 0.05) is 25.8 Å². The molecule has 138 valence electrons. The van der Waals surface area contributed by atoms with Crippen LogP contribution in [-0.2, 0) is 25.9 Å². The number of anilines is 1. The van der Waals surface area contributed by atoms with Gasteiger partial charge in [0.1, 0.15) is 12.4 Å². The molecule has 0 unspecified atom stereocenters. The molecule has 0 fully saturated rings. The van der Waals surface area contributed by atoms with Crippen LogP contribution < -0.4 is 9.64 Å². The second kappa shape index (κ2) is 7.77. The maximum atomic E-state index is 6.09. The van der Waals surface area contributed by atoms with E-state index >= 15 is 0 Å². The summed E-state index contributed by atoms with van der Waals surface area (Å²) in [4.78, 5) is 2.16. The van der Waals surface area contributed by atoms with Gasteiger partial charge in [0.05, 0.1) is 4.47 Å². The molecule has 27 heavy (non-hydrogen) atoms. The molecule has 0 bridgehead atoms. The smallest absolute Gasteiger partial charge is 0.136 e. The van der Waals surface area contributed by atoms with E-state index < -0.39 is 0 Å². The first-order chi connectivity index (χ1) is 13.1. The van der Waals surface area contributed by atoms with Crippen LogP contribution in [0, 0.1) is 0 Å². The lowest BCUT2D eigenvalue weighted by Crippen LogP contribution is -2.13. The van der Waals surface area contributed by atoms with E-state index in [1.807, 2.05) is 18.2 Å². The van der Waals surface area contributed by atoms with Crippen LogP contribution in [0.25, 0.3) is 0 Å². The normalized spacial score (nSPS) is 12.3. The minimum atomic E-state index is 0.566. The van der Waals surface area contributed by atoms with Crippen molar-refractivity contribution in [3.8, 4) is 5.75 Å². The van der Waals surface area contributed by atoms with Crippen LogP contribution in [0.3, 0.4) is 0 Å². The van der Waals surface area contributed by atoms with Crippen molar-refractivity contribution >= 4 is 21.6 Å². The van der Waals surface area contributed by atoms with Gasteiger partial charge < -0.3 is 9.64 Å². The Kier molecular flexibility index (Phi) is 5.22. The van der Waals surface area contributed by atoms with E-state index in [0.29, 0.717) is 6.61 Å². The molecule has 0 saturated heterocycles. The van der Waals surface area contributed by atoms with E-state index in [1.165, 1.54) is 46.3 Å². The Morgan fingerprint density at radius 3 is 2.33 bits per heavy atom. The van der Waals surface area contributed by atoms with Gasteiger partial charge in [-0.15, -0.1) is 0 Å². The third-order valence-corrected chi connectivity index (χ3v) is 5.80. The Labute approximate surface area is 169 Å². The van der Waals surface area contributed by atoms with E-state index in [4.69, 9.17) is 4.74 Å². The Bertz CT molecular complexity index is 950. The van der Waals surface area contributed by atoms with Crippen molar-refractivity contribution in [3.63, 3.8) is 0 Å². The Morgan fingerprint density at radius 1 is 0.889 bits per heavy atom. The minimum absolute atomic E-state index is 0.566. The molecule has 0 amide bonds. The number of benzene rings is 3. The van der Waals surface area contributed by atoms with Crippen LogP contribution >= 0.6 is 15.9 Å². The van der Waals surface area contributed by atoms with Gasteiger partial charge in [0.2, 0.25) is 0 Å². The van der Waals surface area contributed by atoms with Crippen molar-refractivity contribution in [1.82, 2.24) is 0 Å². The van der Waals surface area contributed by atoms with Crippen LogP contribution in [0.5, 0.6) is 5.75 Å². The largest absolute Gasteiger partial charge is 0.488 e. The Balaban J connectivity index is 1.58. The number of hydrogen-bond acceptors (Lipinski definition) is 2. The van der Waals surface area contributed by atoms with Crippen LogP contribution in [0.2, 0.25) is 0 Å².